The highest BCUT2D eigenvalue weighted by Gasteiger charge is 2.20. The Bertz CT molecular complexity index is 1040. The van der Waals surface area contributed by atoms with E-state index in [1.54, 1.807) is 30.3 Å². The molecule has 0 aliphatic carbocycles. The minimum Gasteiger partial charge on any atom is -0.455 e. The van der Waals surface area contributed by atoms with E-state index >= 15 is 0 Å². The molecule has 11 heteroatoms. The maximum absolute atomic E-state index is 12.3. The number of carbonyl (C=O) groups is 2. The number of nitrogens with zero attached hydrogens (tertiary/aromatic N) is 2. The summed E-state index contributed by atoms with van der Waals surface area (Å²) >= 11 is 11.5. The second-order valence-corrected chi connectivity index (χ2v) is 8.12. The van der Waals surface area contributed by atoms with Crippen LogP contribution in [0.15, 0.2) is 53.4 Å². The number of nitrogens with one attached hydrogen (secondary N) is 1. The van der Waals surface area contributed by atoms with Crippen LogP contribution in [0.1, 0.15) is 0 Å². The van der Waals surface area contributed by atoms with E-state index in [9.17, 15) is 18.0 Å². The van der Waals surface area contributed by atoms with Crippen molar-refractivity contribution in [2.75, 3.05) is 24.6 Å². The fourth-order valence-electron chi connectivity index (χ4n) is 2.15. The van der Waals surface area contributed by atoms with Crippen molar-refractivity contribution >= 4 is 50.8 Å². The van der Waals surface area contributed by atoms with Gasteiger partial charge in [-0.25, -0.2) is 8.42 Å². The number of hydrogen-bond donors (Lipinski definition) is 1. The van der Waals surface area contributed by atoms with Crippen LogP contribution in [0.4, 0.5) is 5.69 Å². The number of halogens is 2. The zero-order chi connectivity index (χ0) is 21.4. The Morgan fingerprint density at radius 3 is 2.41 bits per heavy atom. The number of sulfonamides is 1. The quantitative estimate of drug-likeness (QED) is 0.482. The molecule has 152 valence electrons. The lowest BCUT2D eigenvalue weighted by molar-refractivity contribution is -0.146. The third-order valence-electron chi connectivity index (χ3n) is 3.56. The fourth-order valence-corrected chi connectivity index (χ4v) is 3.51. The number of carbonyl (C=O) groups excluding carboxylic acids is 2. The van der Waals surface area contributed by atoms with Gasteiger partial charge in [0.1, 0.15) is 13.1 Å². The number of hydrogen-bond acceptors (Lipinski definition) is 6. The second-order valence-electron chi connectivity index (χ2n) is 5.53. The Hall–Kier alpha value is -2.64. The Labute approximate surface area is 177 Å². The number of para-hydroxylation sites is 1. The zero-order valence-electron chi connectivity index (χ0n) is 14.8. The summed E-state index contributed by atoms with van der Waals surface area (Å²) in [5, 5.41) is 9.12. The highest BCUT2D eigenvalue weighted by Crippen LogP contribution is 2.24. The molecule has 0 saturated heterocycles. The van der Waals surface area contributed by atoms with Crippen LogP contribution in [0, 0.1) is 11.3 Å². The Balaban J connectivity index is 1.92. The monoisotopic (exact) mass is 455 g/mol. The highest BCUT2D eigenvalue weighted by atomic mass is 35.5. The molecule has 2 aromatic carbocycles. The number of benzene rings is 2. The zero-order valence-corrected chi connectivity index (χ0v) is 17.2. The number of anilines is 1. The van der Waals surface area contributed by atoms with Crippen LogP contribution in [0.5, 0.6) is 0 Å². The highest BCUT2D eigenvalue weighted by molar-refractivity contribution is 7.89. The maximum Gasteiger partial charge on any atom is 0.321 e. The predicted molar refractivity (Wildman–Crippen MR) is 107 cm³/mol. The molecule has 0 spiro atoms. The van der Waals surface area contributed by atoms with Gasteiger partial charge in [0.25, 0.3) is 5.91 Å². The number of esters is 1. The minimum absolute atomic E-state index is 0.0428. The smallest absolute Gasteiger partial charge is 0.321 e. The van der Waals surface area contributed by atoms with Crippen LogP contribution < -0.4 is 9.62 Å². The van der Waals surface area contributed by atoms with Gasteiger partial charge in [-0.3, -0.25) is 14.5 Å². The molecule has 1 amide bonds. The van der Waals surface area contributed by atoms with Crippen LogP contribution in [0.2, 0.25) is 10.0 Å². The second kappa shape index (κ2) is 10.2. The van der Waals surface area contributed by atoms with Crippen LogP contribution in [0.25, 0.3) is 0 Å². The standard InChI is InChI=1S/C18H15Cl2N3O5S/c19-15-7-6-14(10-16(15)20)29(26,27)22-11-18(25)28-12-17(24)23(9-8-21)13-4-2-1-3-5-13/h1-7,10,22H,9,11-12H2. The molecular formula is C18H15Cl2N3O5S. The van der Waals surface area contributed by atoms with Crippen molar-refractivity contribution in [2.24, 2.45) is 0 Å². The Morgan fingerprint density at radius 2 is 1.79 bits per heavy atom. The lowest BCUT2D eigenvalue weighted by Gasteiger charge is -2.19. The molecule has 8 nitrogen and oxygen atoms in total. The molecule has 0 heterocycles. The SMILES string of the molecule is N#CCN(C(=O)COC(=O)CNS(=O)(=O)c1ccc(Cl)c(Cl)c1)c1ccccc1. The molecule has 0 aliphatic heterocycles. The Kier molecular flexibility index (Phi) is 7.99. The van der Waals surface area contributed by atoms with Gasteiger partial charge in [-0.2, -0.15) is 9.98 Å². The first-order valence-electron chi connectivity index (χ1n) is 8.07. The molecule has 2 rings (SSSR count). The number of nitriles is 1. The third-order valence-corrected chi connectivity index (χ3v) is 5.70. The van der Waals surface area contributed by atoms with Gasteiger partial charge >= 0.3 is 5.97 Å². The molecule has 1 N–H and O–H groups in total. The maximum atomic E-state index is 12.3. The van der Waals surface area contributed by atoms with Gasteiger partial charge in [-0.05, 0) is 30.3 Å². The molecule has 0 atom stereocenters. The number of ether oxygens (including phenoxy) is 1. The average molecular weight is 456 g/mol. The van der Waals surface area contributed by atoms with Crippen molar-refractivity contribution in [3.8, 4) is 6.07 Å². The van der Waals surface area contributed by atoms with Crippen molar-refractivity contribution < 1.29 is 22.7 Å². The lowest BCUT2D eigenvalue weighted by atomic mass is 10.3. The summed E-state index contributed by atoms with van der Waals surface area (Å²) in [4.78, 5) is 25.1. The van der Waals surface area contributed by atoms with Gasteiger partial charge in [-0.15, -0.1) is 0 Å². The van der Waals surface area contributed by atoms with E-state index in [4.69, 9.17) is 33.2 Å². The van der Waals surface area contributed by atoms with Gasteiger partial charge in [0.2, 0.25) is 10.0 Å². The topological polar surface area (TPSA) is 117 Å². The van der Waals surface area contributed by atoms with Crippen LogP contribution in [-0.2, 0) is 24.3 Å². The van der Waals surface area contributed by atoms with E-state index in [-0.39, 0.29) is 21.5 Å². The summed E-state index contributed by atoms with van der Waals surface area (Å²) in [7, 11) is -4.03. The molecule has 0 radical (unpaired) electrons. The van der Waals surface area contributed by atoms with E-state index in [0.29, 0.717) is 5.69 Å². The van der Waals surface area contributed by atoms with Gasteiger partial charge in [0.05, 0.1) is 21.0 Å². The molecule has 0 aromatic heterocycles. The van der Waals surface area contributed by atoms with Crippen LogP contribution >= 0.6 is 23.2 Å². The first-order chi connectivity index (χ1) is 13.7. The normalized spacial score (nSPS) is 10.8. The first kappa shape index (κ1) is 22.6. The number of rotatable bonds is 8. The molecule has 0 aliphatic rings. The summed E-state index contributed by atoms with van der Waals surface area (Å²) in [5.41, 5.74) is 0.468. The first-order valence-corrected chi connectivity index (χ1v) is 10.3. The summed E-state index contributed by atoms with van der Waals surface area (Å²) in [5.74, 6) is -1.59. The largest absolute Gasteiger partial charge is 0.455 e. The van der Waals surface area contributed by atoms with Crippen molar-refractivity contribution in [2.45, 2.75) is 4.90 Å². The summed E-state index contributed by atoms with van der Waals surface area (Å²) in [6, 6.07) is 13.9. The Morgan fingerprint density at radius 1 is 1.10 bits per heavy atom. The molecule has 0 bridgehead atoms. The molecule has 0 saturated carbocycles. The summed E-state index contributed by atoms with van der Waals surface area (Å²) in [6.07, 6.45) is 0. The van der Waals surface area contributed by atoms with Gasteiger partial charge in [-0.1, -0.05) is 41.4 Å². The van der Waals surface area contributed by atoms with Crippen LogP contribution in [-0.4, -0.2) is 40.0 Å². The van der Waals surface area contributed by atoms with E-state index in [1.165, 1.54) is 12.1 Å². The molecule has 29 heavy (non-hydrogen) atoms. The summed E-state index contributed by atoms with van der Waals surface area (Å²) in [6.45, 7) is -1.58. The third kappa shape index (κ3) is 6.44. The number of amides is 1. The molecule has 0 fully saturated rings. The molecule has 0 unspecified atom stereocenters. The van der Waals surface area contributed by atoms with E-state index in [2.05, 4.69) is 4.72 Å². The van der Waals surface area contributed by atoms with Gasteiger partial charge in [0.15, 0.2) is 6.61 Å². The van der Waals surface area contributed by atoms with E-state index < -0.39 is 35.1 Å². The minimum atomic E-state index is -4.03. The van der Waals surface area contributed by atoms with E-state index in [1.807, 2.05) is 6.07 Å². The fraction of sp³-hybridized carbons (Fsp3) is 0.167. The van der Waals surface area contributed by atoms with E-state index in [0.717, 1.165) is 11.0 Å². The molecule has 2 aromatic rings. The van der Waals surface area contributed by atoms with Crippen molar-refractivity contribution in [3.05, 3.63) is 58.6 Å². The van der Waals surface area contributed by atoms with Crippen LogP contribution in [0.3, 0.4) is 0 Å². The van der Waals surface area contributed by atoms with Crippen molar-refractivity contribution in [3.63, 3.8) is 0 Å². The van der Waals surface area contributed by atoms with Gasteiger partial charge in [0, 0.05) is 5.69 Å². The van der Waals surface area contributed by atoms with Crippen molar-refractivity contribution in [1.29, 1.82) is 5.26 Å². The molecular weight excluding hydrogens is 441 g/mol. The predicted octanol–water partition coefficient (Wildman–Crippen LogP) is 2.37. The average Bonchev–Trinajstić information content (AvgIpc) is 2.71. The summed E-state index contributed by atoms with van der Waals surface area (Å²) < 4.78 is 31.2. The lowest BCUT2D eigenvalue weighted by Crippen LogP contribution is -2.37. The van der Waals surface area contributed by atoms with Gasteiger partial charge < -0.3 is 4.74 Å². The van der Waals surface area contributed by atoms with Crippen molar-refractivity contribution in [1.82, 2.24) is 4.72 Å².